The number of benzene rings is 1. The molecule has 2 aromatic rings. The van der Waals surface area contributed by atoms with Crippen molar-refractivity contribution in [1.29, 1.82) is 0 Å². The number of nitrogens with one attached hydrogen (secondary N) is 1. The fourth-order valence-electron chi connectivity index (χ4n) is 3.03. The number of ether oxygens (including phenoxy) is 1. The van der Waals surface area contributed by atoms with Crippen molar-refractivity contribution in [2.45, 2.75) is 32.2 Å². The average Bonchev–Trinajstić information content (AvgIpc) is 3.09. The summed E-state index contributed by atoms with van der Waals surface area (Å²) < 4.78 is 5.81. The highest BCUT2D eigenvalue weighted by Gasteiger charge is 2.11. The number of rotatable bonds is 8. The Morgan fingerprint density at radius 2 is 2.12 bits per heavy atom. The highest BCUT2D eigenvalue weighted by Crippen LogP contribution is 2.17. The molecule has 8 heteroatoms. The summed E-state index contributed by atoms with van der Waals surface area (Å²) in [6.07, 6.45) is 4.66. The van der Waals surface area contributed by atoms with Gasteiger partial charge in [0.2, 0.25) is 0 Å². The minimum absolute atomic E-state index is 0.0823. The van der Waals surface area contributed by atoms with Gasteiger partial charge in [0.25, 0.3) is 11.7 Å². The molecule has 0 spiro atoms. The van der Waals surface area contributed by atoms with Gasteiger partial charge in [0.15, 0.2) is 0 Å². The van der Waals surface area contributed by atoms with Crippen molar-refractivity contribution in [2.24, 2.45) is 7.05 Å². The molecule has 26 heavy (non-hydrogen) atoms. The number of hydrogen-bond acceptors (Lipinski definition) is 6. The molecule has 2 heterocycles. The number of carbonyl (C=O) groups is 1. The Bertz CT molecular complexity index is 711. The maximum atomic E-state index is 11.8. The van der Waals surface area contributed by atoms with Crippen LogP contribution in [0, 0.1) is 0 Å². The molecule has 1 N–H and O–H groups in total. The molecular formula is C18H26N6O2. The lowest BCUT2D eigenvalue weighted by Gasteiger charge is -2.26. The monoisotopic (exact) mass is 358 g/mol. The van der Waals surface area contributed by atoms with Crippen LogP contribution in [-0.2, 0) is 13.6 Å². The summed E-state index contributed by atoms with van der Waals surface area (Å²) in [7, 11) is 1.62. The SMILES string of the molecule is Cn1nnc(C(=O)NCCCOc2cccc(CN3CCCCC3)c2)n1. The van der Waals surface area contributed by atoms with Crippen molar-refractivity contribution in [3.05, 3.63) is 35.7 Å². The molecule has 0 bridgehead atoms. The number of hydrogen-bond donors (Lipinski definition) is 1. The Kier molecular flexibility index (Phi) is 6.54. The van der Waals surface area contributed by atoms with Crippen molar-refractivity contribution >= 4 is 5.91 Å². The summed E-state index contributed by atoms with van der Waals surface area (Å²) in [6, 6.07) is 8.27. The summed E-state index contributed by atoms with van der Waals surface area (Å²) in [5, 5.41) is 13.9. The zero-order chi connectivity index (χ0) is 18.2. The van der Waals surface area contributed by atoms with Crippen LogP contribution in [0.5, 0.6) is 5.75 Å². The predicted octanol–water partition coefficient (Wildman–Crippen LogP) is 1.39. The smallest absolute Gasteiger partial charge is 0.292 e. The molecule has 1 aromatic heterocycles. The fraction of sp³-hybridized carbons (Fsp3) is 0.556. The Balaban J connectivity index is 1.36. The average molecular weight is 358 g/mol. The van der Waals surface area contributed by atoms with Crippen LogP contribution in [0.2, 0.25) is 0 Å². The Labute approximate surface area is 153 Å². The van der Waals surface area contributed by atoms with E-state index in [4.69, 9.17) is 4.74 Å². The molecule has 0 atom stereocenters. The van der Waals surface area contributed by atoms with E-state index >= 15 is 0 Å². The minimum atomic E-state index is -0.318. The van der Waals surface area contributed by atoms with Crippen molar-refractivity contribution < 1.29 is 9.53 Å². The highest BCUT2D eigenvalue weighted by molar-refractivity contribution is 5.89. The van der Waals surface area contributed by atoms with Crippen LogP contribution >= 0.6 is 0 Å². The summed E-state index contributed by atoms with van der Waals surface area (Å²) in [5.41, 5.74) is 1.28. The van der Waals surface area contributed by atoms with E-state index < -0.39 is 0 Å². The zero-order valence-corrected chi connectivity index (χ0v) is 15.2. The maximum Gasteiger partial charge on any atom is 0.292 e. The second-order valence-electron chi connectivity index (χ2n) is 6.54. The van der Waals surface area contributed by atoms with E-state index in [1.807, 2.05) is 12.1 Å². The molecule has 0 unspecified atom stereocenters. The number of carbonyl (C=O) groups excluding carboxylic acids is 1. The van der Waals surface area contributed by atoms with Crippen LogP contribution in [0.1, 0.15) is 41.9 Å². The van der Waals surface area contributed by atoms with Gasteiger partial charge in [0.1, 0.15) is 5.75 Å². The quantitative estimate of drug-likeness (QED) is 0.718. The summed E-state index contributed by atoms with van der Waals surface area (Å²) in [6.45, 7) is 4.40. The van der Waals surface area contributed by atoms with E-state index in [9.17, 15) is 4.79 Å². The number of amides is 1. The normalized spacial score (nSPS) is 15.0. The van der Waals surface area contributed by atoms with Gasteiger partial charge >= 0.3 is 0 Å². The van der Waals surface area contributed by atoms with Gasteiger partial charge in [-0.1, -0.05) is 18.6 Å². The molecule has 1 amide bonds. The van der Waals surface area contributed by atoms with Crippen molar-refractivity contribution in [1.82, 2.24) is 30.4 Å². The lowest BCUT2D eigenvalue weighted by Crippen LogP contribution is -2.29. The minimum Gasteiger partial charge on any atom is -0.494 e. The van der Waals surface area contributed by atoms with Gasteiger partial charge in [-0.15, -0.1) is 10.2 Å². The number of nitrogens with zero attached hydrogens (tertiary/aromatic N) is 5. The third-order valence-corrected chi connectivity index (χ3v) is 4.34. The van der Waals surface area contributed by atoms with Crippen LogP contribution in [0.3, 0.4) is 0 Å². The van der Waals surface area contributed by atoms with Crippen LogP contribution in [-0.4, -0.2) is 57.3 Å². The molecule has 140 valence electrons. The van der Waals surface area contributed by atoms with E-state index in [1.165, 1.54) is 42.7 Å². The van der Waals surface area contributed by atoms with E-state index in [0.717, 1.165) is 12.3 Å². The lowest BCUT2D eigenvalue weighted by molar-refractivity contribution is 0.0941. The Hall–Kier alpha value is -2.48. The van der Waals surface area contributed by atoms with Crippen molar-refractivity contribution in [3.8, 4) is 5.75 Å². The first-order valence-corrected chi connectivity index (χ1v) is 9.17. The van der Waals surface area contributed by atoms with Gasteiger partial charge in [-0.2, -0.15) is 4.80 Å². The van der Waals surface area contributed by atoms with Crippen LogP contribution < -0.4 is 10.1 Å². The number of tetrazole rings is 1. The molecule has 3 rings (SSSR count). The number of piperidine rings is 1. The largest absolute Gasteiger partial charge is 0.494 e. The molecule has 1 aromatic carbocycles. The summed E-state index contributed by atoms with van der Waals surface area (Å²) >= 11 is 0. The molecule has 0 saturated carbocycles. The van der Waals surface area contributed by atoms with Gasteiger partial charge in [0.05, 0.1) is 13.7 Å². The molecule has 0 radical (unpaired) electrons. The van der Waals surface area contributed by atoms with Gasteiger partial charge in [-0.05, 0) is 55.3 Å². The first kappa shape index (κ1) is 18.3. The number of aryl methyl sites for hydroxylation is 1. The van der Waals surface area contributed by atoms with Gasteiger partial charge in [-0.3, -0.25) is 9.69 Å². The molecule has 1 fully saturated rings. The van der Waals surface area contributed by atoms with E-state index in [0.29, 0.717) is 19.6 Å². The third-order valence-electron chi connectivity index (χ3n) is 4.34. The summed E-state index contributed by atoms with van der Waals surface area (Å²) in [5.74, 6) is 0.641. The van der Waals surface area contributed by atoms with Gasteiger partial charge in [-0.25, -0.2) is 0 Å². The maximum absolute atomic E-state index is 11.8. The molecule has 0 aliphatic carbocycles. The van der Waals surface area contributed by atoms with Gasteiger partial charge in [0, 0.05) is 13.1 Å². The molecule has 1 aliphatic heterocycles. The van der Waals surface area contributed by atoms with Crippen LogP contribution in [0.15, 0.2) is 24.3 Å². The summed E-state index contributed by atoms with van der Waals surface area (Å²) in [4.78, 5) is 15.5. The number of likely N-dealkylation sites (tertiary alicyclic amines) is 1. The van der Waals surface area contributed by atoms with Gasteiger partial charge < -0.3 is 10.1 Å². The van der Waals surface area contributed by atoms with E-state index in [2.05, 4.69) is 37.8 Å². The second-order valence-corrected chi connectivity index (χ2v) is 6.54. The van der Waals surface area contributed by atoms with Crippen LogP contribution in [0.4, 0.5) is 0 Å². The van der Waals surface area contributed by atoms with Crippen molar-refractivity contribution in [3.63, 3.8) is 0 Å². The van der Waals surface area contributed by atoms with E-state index in [-0.39, 0.29) is 11.7 Å². The first-order valence-electron chi connectivity index (χ1n) is 9.17. The standard InChI is InChI=1S/C18H26N6O2/c1-23-21-17(20-22-23)18(25)19-9-6-12-26-16-8-5-7-15(13-16)14-24-10-3-2-4-11-24/h5,7-8,13H,2-4,6,9-12,14H2,1H3,(H,19,25). The van der Waals surface area contributed by atoms with Crippen LogP contribution in [0.25, 0.3) is 0 Å². The Morgan fingerprint density at radius 1 is 1.27 bits per heavy atom. The van der Waals surface area contributed by atoms with E-state index in [1.54, 1.807) is 7.05 Å². The molecule has 1 saturated heterocycles. The Morgan fingerprint density at radius 3 is 2.88 bits per heavy atom. The van der Waals surface area contributed by atoms with Crippen molar-refractivity contribution in [2.75, 3.05) is 26.2 Å². The highest BCUT2D eigenvalue weighted by atomic mass is 16.5. The molecule has 1 aliphatic rings. The molecule has 8 nitrogen and oxygen atoms in total. The molecular weight excluding hydrogens is 332 g/mol. The topological polar surface area (TPSA) is 85.2 Å². The lowest BCUT2D eigenvalue weighted by atomic mass is 10.1. The number of aromatic nitrogens is 4. The predicted molar refractivity (Wildman–Crippen MR) is 96.8 cm³/mol. The first-order chi connectivity index (χ1) is 12.7. The fourth-order valence-corrected chi connectivity index (χ4v) is 3.03. The third kappa shape index (κ3) is 5.52. The zero-order valence-electron chi connectivity index (χ0n) is 15.2. The second kappa shape index (κ2) is 9.28.